The van der Waals surface area contributed by atoms with Crippen LogP contribution >= 0.6 is 0 Å². The van der Waals surface area contributed by atoms with Gasteiger partial charge in [0.1, 0.15) is 6.29 Å². The Hall–Kier alpha value is -1.11. The highest BCUT2D eigenvalue weighted by Crippen LogP contribution is 2.14. The van der Waals surface area contributed by atoms with E-state index in [1.807, 2.05) is 0 Å². The van der Waals surface area contributed by atoms with Gasteiger partial charge in [0.25, 0.3) is 0 Å². The molecular formula is C15H24O. The molecule has 1 nitrogen and oxygen atoms in total. The van der Waals surface area contributed by atoms with Crippen molar-refractivity contribution in [2.45, 2.75) is 53.9 Å². The van der Waals surface area contributed by atoms with E-state index in [0.717, 1.165) is 31.1 Å². The Morgan fingerprint density at radius 2 is 1.50 bits per heavy atom. The van der Waals surface area contributed by atoms with Gasteiger partial charge in [0, 0.05) is 0 Å². The van der Waals surface area contributed by atoms with Gasteiger partial charge in [-0.2, -0.15) is 0 Å². The van der Waals surface area contributed by atoms with Crippen LogP contribution < -0.4 is 0 Å². The maximum absolute atomic E-state index is 11.0. The smallest absolute Gasteiger partial charge is 0.146 e. The Morgan fingerprint density at radius 3 is 1.94 bits per heavy atom. The fourth-order valence-electron chi connectivity index (χ4n) is 1.37. The number of carbonyl (C=O) groups is 1. The summed E-state index contributed by atoms with van der Waals surface area (Å²) in [6.45, 7) is 10.4. The first-order chi connectivity index (χ1) is 7.47. The molecule has 0 aromatic heterocycles. The van der Waals surface area contributed by atoms with Gasteiger partial charge in [0.15, 0.2) is 0 Å². The third-order valence-corrected chi connectivity index (χ3v) is 2.49. The van der Waals surface area contributed by atoms with Gasteiger partial charge in [-0.3, -0.25) is 4.79 Å². The lowest BCUT2D eigenvalue weighted by Gasteiger charge is -2.04. The van der Waals surface area contributed by atoms with Crippen LogP contribution in [0.3, 0.4) is 0 Å². The minimum atomic E-state index is 0.770. The van der Waals surface area contributed by atoms with Gasteiger partial charge in [-0.05, 0) is 59.5 Å². The molecule has 0 amide bonds. The molecule has 90 valence electrons. The molecule has 0 aliphatic carbocycles. The first-order valence-corrected chi connectivity index (χ1v) is 5.88. The lowest BCUT2D eigenvalue weighted by atomic mass is 10.0. The fraction of sp³-hybridized carbons (Fsp3) is 0.533. The second kappa shape index (κ2) is 8.09. The van der Waals surface area contributed by atoms with Crippen LogP contribution in [0.4, 0.5) is 0 Å². The largest absolute Gasteiger partial charge is 0.298 e. The number of hydrogen-bond acceptors (Lipinski definition) is 1. The van der Waals surface area contributed by atoms with Crippen LogP contribution in [0, 0.1) is 0 Å². The third-order valence-electron chi connectivity index (χ3n) is 2.49. The van der Waals surface area contributed by atoms with E-state index in [4.69, 9.17) is 0 Å². The van der Waals surface area contributed by atoms with E-state index in [2.05, 4.69) is 46.8 Å². The average molecular weight is 220 g/mol. The van der Waals surface area contributed by atoms with E-state index < -0.39 is 0 Å². The monoisotopic (exact) mass is 220 g/mol. The standard InChI is InChI=1S/C15H24O/c1-12(2)7-6-8-14(5)15(11-16)10-9-13(3)4/h7,9,11H,6,8,10H2,1-5H3. The van der Waals surface area contributed by atoms with E-state index in [-0.39, 0.29) is 0 Å². The molecule has 0 rings (SSSR count). The molecule has 1 heteroatoms. The second-order valence-electron chi connectivity index (χ2n) is 4.73. The van der Waals surface area contributed by atoms with E-state index in [1.54, 1.807) is 0 Å². The molecule has 0 spiro atoms. The highest BCUT2D eigenvalue weighted by atomic mass is 16.1. The van der Waals surface area contributed by atoms with Gasteiger partial charge < -0.3 is 0 Å². The molecule has 16 heavy (non-hydrogen) atoms. The number of aldehydes is 1. The van der Waals surface area contributed by atoms with E-state index in [0.29, 0.717) is 0 Å². The van der Waals surface area contributed by atoms with Gasteiger partial charge >= 0.3 is 0 Å². The Bertz CT molecular complexity index is 308. The molecule has 0 N–H and O–H groups in total. The predicted molar refractivity (Wildman–Crippen MR) is 71.5 cm³/mol. The van der Waals surface area contributed by atoms with Crippen molar-refractivity contribution < 1.29 is 4.79 Å². The summed E-state index contributed by atoms with van der Waals surface area (Å²) in [5.74, 6) is 0. The predicted octanol–water partition coefficient (Wildman–Crippen LogP) is 4.60. The van der Waals surface area contributed by atoms with Crippen molar-refractivity contribution in [3.05, 3.63) is 34.4 Å². The van der Waals surface area contributed by atoms with Crippen LogP contribution in [0.2, 0.25) is 0 Å². The second-order valence-corrected chi connectivity index (χ2v) is 4.73. The number of rotatable bonds is 6. The minimum absolute atomic E-state index is 0.770. The minimum Gasteiger partial charge on any atom is -0.298 e. The maximum Gasteiger partial charge on any atom is 0.146 e. The van der Waals surface area contributed by atoms with Crippen molar-refractivity contribution in [1.82, 2.24) is 0 Å². The van der Waals surface area contributed by atoms with E-state index in [1.165, 1.54) is 16.7 Å². The Balaban J connectivity index is 4.44. The highest BCUT2D eigenvalue weighted by molar-refractivity contribution is 5.74. The molecule has 0 fully saturated rings. The summed E-state index contributed by atoms with van der Waals surface area (Å²) in [5.41, 5.74) is 4.74. The van der Waals surface area contributed by atoms with Gasteiger partial charge in [0.2, 0.25) is 0 Å². The first kappa shape index (κ1) is 14.9. The average Bonchev–Trinajstić information content (AvgIpc) is 2.17. The van der Waals surface area contributed by atoms with Crippen LogP contribution in [0.1, 0.15) is 53.9 Å². The van der Waals surface area contributed by atoms with Crippen LogP contribution in [-0.4, -0.2) is 6.29 Å². The topological polar surface area (TPSA) is 17.1 Å². The van der Waals surface area contributed by atoms with Crippen molar-refractivity contribution in [3.8, 4) is 0 Å². The third kappa shape index (κ3) is 7.22. The zero-order valence-corrected chi connectivity index (χ0v) is 11.3. The lowest BCUT2D eigenvalue weighted by molar-refractivity contribution is -0.105. The summed E-state index contributed by atoms with van der Waals surface area (Å²) in [7, 11) is 0. The summed E-state index contributed by atoms with van der Waals surface area (Å²) in [6.07, 6.45) is 8.10. The molecule has 0 saturated carbocycles. The SMILES string of the molecule is CC(C)=CCCC(C)=C(C=O)CC=C(C)C. The van der Waals surface area contributed by atoms with Crippen molar-refractivity contribution in [3.63, 3.8) is 0 Å². The highest BCUT2D eigenvalue weighted by Gasteiger charge is 1.99. The molecule has 0 aromatic carbocycles. The molecule has 0 aliphatic rings. The zero-order chi connectivity index (χ0) is 12.6. The molecule has 0 heterocycles. The van der Waals surface area contributed by atoms with Gasteiger partial charge in [-0.25, -0.2) is 0 Å². The Labute approximate surface area is 99.9 Å². The normalized spacial score (nSPS) is 11.6. The van der Waals surface area contributed by atoms with E-state index in [9.17, 15) is 4.79 Å². The summed E-state index contributed by atoms with van der Waals surface area (Å²) in [4.78, 5) is 11.0. The summed E-state index contributed by atoms with van der Waals surface area (Å²) < 4.78 is 0. The summed E-state index contributed by atoms with van der Waals surface area (Å²) in [6, 6.07) is 0. The molecule has 0 aromatic rings. The molecule has 0 radical (unpaired) electrons. The lowest BCUT2D eigenvalue weighted by Crippen LogP contribution is -1.90. The first-order valence-electron chi connectivity index (χ1n) is 5.88. The summed E-state index contributed by atoms with van der Waals surface area (Å²) >= 11 is 0. The van der Waals surface area contributed by atoms with Gasteiger partial charge in [0.05, 0.1) is 0 Å². The van der Waals surface area contributed by atoms with Gasteiger partial charge in [-0.1, -0.05) is 28.9 Å². The number of hydrogen-bond donors (Lipinski definition) is 0. The van der Waals surface area contributed by atoms with Crippen molar-refractivity contribution in [1.29, 1.82) is 0 Å². The fourth-order valence-corrected chi connectivity index (χ4v) is 1.37. The van der Waals surface area contributed by atoms with Crippen LogP contribution in [0.15, 0.2) is 34.4 Å². The van der Waals surface area contributed by atoms with Crippen LogP contribution in [-0.2, 0) is 4.79 Å². The molecule has 0 unspecified atom stereocenters. The zero-order valence-electron chi connectivity index (χ0n) is 11.3. The molecular weight excluding hydrogens is 196 g/mol. The molecule has 0 aliphatic heterocycles. The van der Waals surface area contributed by atoms with Crippen molar-refractivity contribution >= 4 is 6.29 Å². The molecule has 0 saturated heterocycles. The number of carbonyl (C=O) groups excluding carboxylic acids is 1. The molecule has 0 atom stereocenters. The van der Waals surface area contributed by atoms with Crippen molar-refractivity contribution in [2.24, 2.45) is 0 Å². The quantitative estimate of drug-likeness (QED) is 0.363. The number of allylic oxidation sites excluding steroid dienone is 6. The Kier molecular flexibility index (Phi) is 7.53. The van der Waals surface area contributed by atoms with Gasteiger partial charge in [-0.15, -0.1) is 0 Å². The molecule has 0 bridgehead atoms. The van der Waals surface area contributed by atoms with Crippen LogP contribution in [0.5, 0.6) is 0 Å². The summed E-state index contributed by atoms with van der Waals surface area (Å²) in [5, 5.41) is 0. The van der Waals surface area contributed by atoms with E-state index >= 15 is 0 Å². The van der Waals surface area contributed by atoms with Crippen LogP contribution in [0.25, 0.3) is 0 Å². The maximum atomic E-state index is 11.0. The Morgan fingerprint density at radius 1 is 0.938 bits per heavy atom. The van der Waals surface area contributed by atoms with Crippen molar-refractivity contribution in [2.75, 3.05) is 0 Å².